The Balaban J connectivity index is 2.31. The maximum Gasteiger partial charge on any atom is 0.139 e. The van der Waals surface area contributed by atoms with E-state index in [1.165, 1.54) is 0 Å². The summed E-state index contributed by atoms with van der Waals surface area (Å²) >= 11 is 5.98. The summed E-state index contributed by atoms with van der Waals surface area (Å²) < 4.78 is 5.17. The molecule has 0 atom stereocenters. The molecule has 0 saturated carbocycles. The number of nitrogen functional groups attached to an aromatic ring is 1. The molecule has 3 N–H and O–H groups in total. The number of aryl methyl sites for hydroxylation is 1. The molecule has 0 heterocycles. The van der Waals surface area contributed by atoms with Gasteiger partial charge in [-0.05, 0) is 30.7 Å². The van der Waals surface area contributed by atoms with E-state index in [-0.39, 0.29) is 0 Å². The van der Waals surface area contributed by atoms with Crippen molar-refractivity contribution >= 4 is 28.7 Å². The average molecular weight is 263 g/mol. The summed E-state index contributed by atoms with van der Waals surface area (Å²) in [5.74, 6) is 0.632. The van der Waals surface area contributed by atoms with Crippen molar-refractivity contribution in [2.45, 2.75) is 6.92 Å². The van der Waals surface area contributed by atoms with Crippen LogP contribution in [-0.4, -0.2) is 7.11 Å². The molecule has 18 heavy (non-hydrogen) atoms. The summed E-state index contributed by atoms with van der Waals surface area (Å²) in [6, 6.07) is 11.4. The second-order valence-corrected chi connectivity index (χ2v) is 4.42. The van der Waals surface area contributed by atoms with Gasteiger partial charge in [-0.15, -0.1) is 0 Å². The van der Waals surface area contributed by atoms with E-state index in [4.69, 9.17) is 22.1 Å². The summed E-state index contributed by atoms with van der Waals surface area (Å²) in [6.07, 6.45) is 0. The third-order valence-corrected chi connectivity index (χ3v) is 3.07. The Kier molecular flexibility index (Phi) is 3.63. The van der Waals surface area contributed by atoms with Gasteiger partial charge in [0.25, 0.3) is 0 Å². The van der Waals surface area contributed by atoms with E-state index < -0.39 is 0 Å². The molecule has 2 aromatic rings. The third kappa shape index (κ3) is 2.51. The van der Waals surface area contributed by atoms with Gasteiger partial charge in [0, 0.05) is 11.8 Å². The molecule has 0 saturated heterocycles. The van der Waals surface area contributed by atoms with E-state index in [1.807, 2.05) is 37.3 Å². The van der Waals surface area contributed by atoms with Gasteiger partial charge in [-0.3, -0.25) is 0 Å². The highest BCUT2D eigenvalue weighted by molar-refractivity contribution is 6.32. The summed E-state index contributed by atoms with van der Waals surface area (Å²) in [6.45, 7) is 1.98. The van der Waals surface area contributed by atoms with Gasteiger partial charge in [0.1, 0.15) is 5.75 Å². The zero-order valence-corrected chi connectivity index (χ0v) is 11.1. The number of methoxy groups -OCH3 is 1. The lowest BCUT2D eigenvalue weighted by Gasteiger charge is -2.12. The molecule has 0 fully saturated rings. The van der Waals surface area contributed by atoms with E-state index in [0.29, 0.717) is 10.8 Å². The molecule has 0 aliphatic heterocycles. The molecular weight excluding hydrogens is 248 g/mol. The van der Waals surface area contributed by atoms with Crippen molar-refractivity contribution in [2.75, 3.05) is 18.2 Å². The van der Waals surface area contributed by atoms with Crippen molar-refractivity contribution in [3.05, 3.63) is 47.0 Å². The lowest BCUT2D eigenvalue weighted by molar-refractivity contribution is 0.415. The minimum absolute atomic E-state index is 0.584. The van der Waals surface area contributed by atoms with Gasteiger partial charge < -0.3 is 15.8 Å². The SMILES string of the molecule is COc1cc(Nc2cccc(C)c2N)ccc1Cl. The van der Waals surface area contributed by atoms with Gasteiger partial charge in [-0.25, -0.2) is 0 Å². The van der Waals surface area contributed by atoms with Crippen LogP contribution in [0, 0.1) is 6.92 Å². The molecule has 0 aliphatic rings. The summed E-state index contributed by atoms with van der Waals surface area (Å²) in [5.41, 5.74) is 9.55. The normalized spacial score (nSPS) is 10.2. The van der Waals surface area contributed by atoms with E-state index in [2.05, 4.69) is 5.32 Å². The maximum absolute atomic E-state index is 6.01. The zero-order valence-electron chi connectivity index (χ0n) is 10.3. The highest BCUT2D eigenvalue weighted by atomic mass is 35.5. The first kappa shape index (κ1) is 12.6. The number of rotatable bonds is 3. The fourth-order valence-electron chi connectivity index (χ4n) is 1.68. The standard InChI is InChI=1S/C14H15ClN2O/c1-9-4-3-5-12(14(9)16)17-10-6-7-11(15)13(8-10)18-2/h3-8,17H,16H2,1-2H3. The first-order valence-electron chi connectivity index (χ1n) is 5.57. The Labute approximate surface area is 112 Å². The number of para-hydroxylation sites is 1. The van der Waals surface area contributed by atoms with Crippen LogP contribution in [0.1, 0.15) is 5.56 Å². The number of nitrogens with one attached hydrogen (secondary N) is 1. The molecule has 0 spiro atoms. The lowest BCUT2D eigenvalue weighted by atomic mass is 10.1. The van der Waals surface area contributed by atoms with Gasteiger partial charge in [-0.2, -0.15) is 0 Å². The van der Waals surface area contributed by atoms with Crippen LogP contribution in [0.4, 0.5) is 17.1 Å². The quantitative estimate of drug-likeness (QED) is 0.823. The monoisotopic (exact) mass is 262 g/mol. The molecule has 0 radical (unpaired) electrons. The van der Waals surface area contributed by atoms with Gasteiger partial charge >= 0.3 is 0 Å². The van der Waals surface area contributed by atoms with E-state index in [9.17, 15) is 0 Å². The number of hydrogen-bond donors (Lipinski definition) is 2. The minimum atomic E-state index is 0.584. The van der Waals surface area contributed by atoms with Crippen molar-refractivity contribution in [1.29, 1.82) is 0 Å². The van der Waals surface area contributed by atoms with Crippen LogP contribution in [-0.2, 0) is 0 Å². The van der Waals surface area contributed by atoms with Crippen molar-refractivity contribution in [3.63, 3.8) is 0 Å². The van der Waals surface area contributed by atoms with Crippen LogP contribution >= 0.6 is 11.6 Å². The smallest absolute Gasteiger partial charge is 0.139 e. The first-order chi connectivity index (χ1) is 8.61. The highest BCUT2D eigenvalue weighted by Gasteiger charge is 2.05. The topological polar surface area (TPSA) is 47.3 Å². The number of ether oxygens (including phenoxy) is 1. The van der Waals surface area contributed by atoms with Gasteiger partial charge in [0.15, 0.2) is 0 Å². The number of nitrogens with two attached hydrogens (primary N) is 1. The van der Waals surface area contributed by atoms with Crippen molar-refractivity contribution in [3.8, 4) is 5.75 Å². The third-order valence-electron chi connectivity index (χ3n) is 2.75. The highest BCUT2D eigenvalue weighted by Crippen LogP contribution is 2.31. The summed E-state index contributed by atoms with van der Waals surface area (Å²) in [4.78, 5) is 0. The average Bonchev–Trinajstić information content (AvgIpc) is 2.37. The summed E-state index contributed by atoms with van der Waals surface area (Å²) in [7, 11) is 1.59. The molecule has 0 amide bonds. The predicted octanol–water partition coefficient (Wildman–Crippen LogP) is 3.98. The molecule has 2 rings (SSSR count). The maximum atomic E-state index is 6.01. The number of hydrogen-bond acceptors (Lipinski definition) is 3. The van der Waals surface area contributed by atoms with Crippen molar-refractivity contribution in [2.24, 2.45) is 0 Å². The number of benzene rings is 2. The Morgan fingerprint density at radius 2 is 2.00 bits per heavy atom. The molecule has 2 aromatic carbocycles. The largest absolute Gasteiger partial charge is 0.495 e. The van der Waals surface area contributed by atoms with Crippen LogP contribution in [0.3, 0.4) is 0 Å². The Bertz CT molecular complexity index is 570. The molecule has 0 unspecified atom stereocenters. The Morgan fingerprint density at radius 3 is 2.72 bits per heavy atom. The van der Waals surface area contributed by atoms with Crippen LogP contribution in [0.15, 0.2) is 36.4 Å². The van der Waals surface area contributed by atoms with Crippen molar-refractivity contribution in [1.82, 2.24) is 0 Å². The van der Waals surface area contributed by atoms with Crippen LogP contribution in [0.2, 0.25) is 5.02 Å². The molecule has 3 nitrogen and oxygen atoms in total. The van der Waals surface area contributed by atoms with E-state index >= 15 is 0 Å². The van der Waals surface area contributed by atoms with Crippen LogP contribution < -0.4 is 15.8 Å². The fourth-order valence-corrected chi connectivity index (χ4v) is 1.88. The predicted molar refractivity (Wildman–Crippen MR) is 76.9 cm³/mol. The molecule has 0 aromatic heterocycles. The second kappa shape index (κ2) is 5.19. The Hall–Kier alpha value is -1.87. The lowest BCUT2D eigenvalue weighted by Crippen LogP contribution is -1.98. The van der Waals surface area contributed by atoms with E-state index in [1.54, 1.807) is 13.2 Å². The van der Waals surface area contributed by atoms with Gasteiger partial charge in [0.05, 0.1) is 23.5 Å². The van der Waals surface area contributed by atoms with E-state index in [0.717, 1.165) is 22.6 Å². The molecule has 94 valence electrons. The molecule has 4 heteroatoms. The second-order valence-electron chi connectivity index (χ2n) is 4.01. The minimum Gasteiger partial charge on any atom is -0.495 e. The molecule has 0 bridgehead atoms. The fraction of sp³-hybridized carbons (Fsp3) is 0.143. The zero-order chi connectivity index (χ0) is 13.1. The van der Waals surface area contributed by atoms with Gasteiger partial charge in [0.2, 0.25) is 0 Å². The number of anilines is 3. The number of halogens is 1. The summed E-state index contributed by atoms with van der Waals surface area (Å²) in [5, 5.41) is 3.83. The molecular formula is C14H15ClN2O. The van der Waals surface area contributed by atoms with Crippen LogP contribution in [0.25, 0.3) is 0 Å². The van der Waals surface area contributed by atoms with Gasteiger partial charge in [-0.1, -0.05) is 23.7 Å². The van der Waals surface area contributed by atoms with Crippen LogP contribution in [0.5, 0.6) is 5.75 Å². The van der Waals surface area contributed by atoms with Crippen molar-refractivity contribution < 1.29 is 4.74 Å². The Morgan fingerprint density at radius 1 is 1.22 bits per heavy atom. The molecule has 0 aliphatic carbocycles. The first-order valence-corrected chi connectivity index (χ1v) is 5.95.